The van der Waals surface area contributed by atoms with E-state index in [0.717, 1.165) is 25.2 Å². The maximum absolute atomic E-state index is 5.58. The molecule has 0 atom stereocenters. The molecule has 2 aromatic rings. The third kappa shape index (κ3) is 6.00. The van der Waals surface area contributed by atoms with Crippen molar-refractivity contribution in [1.29, 1.82) is 0 Å². The summed E-state index contributed by atoms with van der Waals surface area (Å²) in [7, 11) is 0. The number of hydrogen-bond donors (Lipinski definition) is 2. The van der Waals surface area contributed by atoms with Gasteiger partial charge in [0.25, 0.3) is 0 Å². The zero-order chi connectivity index (χ0) is 16.5. The number of nitrogens with one attached hydrogen (secondary N) is 1. The molecular formula is C17H25N5S. The van der Waals surface area contributed by atoms with Gasteiger partial charge in [0.15, 0.2) is 0 Å². The molecule has 0 radical (unpaired) electrons. The molecule has 0 fully saturated rings. The Balaban J connectivity index is 1.95. The van der Waals surface area contributed by atoms with Crippen LogP contribution >= 0.6 is 11.3 Å². The lowest BCUT2D eigenvalue weighted by Gasteiger charge is -2.21. The average Bonchev–Trinajstić information content (AvgIpc) is 2.94. The van der Waals surface area contributed by atoms with Crippen molar-refractivity contribution < 1.29 is 0 Å². The highest BCUT2D eigenvalue weighted by atomic mass is 32.1. The Morgan fingerprint density at radius 3 is 2.74 bits per heavy atom. The monoisotopic (exact) mass is 331 g/mol. The molecule has 0 spiro atoms. The van der Waals surface area contributed by atoms with Gasteiger partial charge in [0.1, 0.15) is 5.82 Å². The standard InChI is InChI=1S/C17H25N5S/c1-3-8-22(9-4-2)12-15-7-5-6-14(10-15)11-19-21-17-20-16(18)13-23-17/h5-7,10-11,13H,3-4,8-9,12,18H2,1-2H3,(H,20,21). The minimum absolute atomic E-state index is 0.515. The van der Waals surface area contributed by atoms with E-state index in [2.05, 4.69) is 58.5 Å². The lowest BCUT2D eigenvalue weighted by Crippen LogP contribution is -2.24. The Morgan fingerprint density at radius 1 is 1.30 bits per heavy atom. The second-order valence-corrected chi connectivity index (χ2v) is 6.33. The van der Waals surface area contributed by atoms with Crippen LogP contribution in [0.2, 0.25) is 0 Å². The summed E-state index contributed by atoms with van der Waals surface area (Å²) in [6.45, 7) is 7.71. The number of nitrogen functional groups attached to an aromatic ring is 1. The number of aromatic nitrogens is 1. The van der Waals surface area contributed by atoms with E-state index in [1.807, 2.05) is 6.21 Å². The van der Waals surface area contributed by atoms with E-state index in [1.54, 1.807) is 5.38 Å². The van der Waals surface area contributed by atoms with Crippen LogP contribution in [0.4, 0.5) is 10.9 Å². The molecule has 0 amide bonds. The van der Waals surface area contributed by atoms with E-state index in [4.69, 9.17) is 5.73 Å². The quantitative estimate of drug-likeness (QED) is 0.542. The molecule has 1 aromatic carbocycles. The molecule has 124 valence electrons. The van der Waals surface area contributed by atoms with E-state index in [0.29, 0.717) is 10.9 Å². The molecule has 0 aliphatic rings. The van der Waals surface area contributed by atoms with Crippen LogP contribution in [0.1, 0.15) is 37.8 Å². The van der Waals surface area contributed by atoms with Crippen LogP contribution in [-0.4, -0.2) is 29.2 Å². The number of hydrogen-bond acceptors (Lipinski definition) is 6. The van der Waals surface area contributed by atoms with Gasteiger partial charge in [-0.05, 0) is 43.1 Å². The fourth-order valence-corrected chi connectivity index (χ4v) is 2.98. The lowest BCUT2D eigenvalue weighted by molar-refractivity contribution is 0.266. The predicted octanol–water partition coefficient (Wildman–Crippen LogP) is 3.79. The molecule has 0 aliphatic carbocycles. The van der Waals surface area contributed by atoms with Gasteiger partial charge in [-0.25, -0.2) is 4.98 Å². The third-order valence-electron chi connectivity index (χ3n) is 3.33. The first-order chi connectivity index (χ1) is 11.2. The van der Waals surface area contributed by atoms with Crippen molar-refractivity contribution in [3.63, 3.8) is 0 Å². The fourth-order valence-electron chi connectivity index (χ4n) is 2.43. The highest BCUT2D eigenvalue weighted by molar-refractivity contribution is 7.14. The van der Waals surface area contributed by atoms with Gasteiger partial charge in [0.05, 0.1) is 6.21 Å². The Labute approximate surface area is 142 Å². The molecule has 0 bridgehead atoms. The molecular weight excluding hydrogens is 306 g/mol. The first-order valence-corrected chi connectivity index (χ1v) is 8.90. The first kappa shape index (κ1) is 17.4. The van der Waals surface area contributed by atoms with Gasteiger partial charge in [-0.2, -0.15) is 5.10 Å². The third-order valence-corrected chi connectivity index (χ3v) is 4.10. The average molecular weight is 331 g/mol. The maximum atomic E-state index is 5.58. The molecule has 1 heterocycles. The van der Waals surface area contributed by atoms with Crippen LogP contribution in [0.5, 0.6) is 0 Å². The van der Waals surface area contributed by atoms with Crippen LogP contribution in [0.15, 0.2) is 34.7 Å². The van der Waals surface area contributed by atoms with E-state index in [9.17, 15) is 0 Å². The smallest absolute Gasteiger partial charge is 0.205 e. The number of benzene rings is 1. The minimum atomic E-state index is 0.515. The van der Waals surface area contributed by atoms with Crippen LogP contribution in [0.25, 0.3) is 0 Å². The van der Waals surface area contributed by atoms with Crippen molar-refractivity contribution in [2.24, 2.45) is 5.10 Å². The summed E-state index contributed by atoms with van der Waals surface area (Å²) in [4.78, 5) is 6.60. The van der Waals surface area contributed by atoms with Crippen LogP contribution in [-0.2, 0) is 6.54 Å². The SMILES string of the molecule is CCCN(CCC)Cc1cccc(C=NNc2nc(N)cs2)c1. The van der Waals surface area contributed by atoms with Gasteiger partial charge in [-0.1, -0.05) is 32.0 Å². The summed E-state index contributed by atoms with van der Waals surface area (Å²) < 4.78 is 0. The summed E-state index contributed by atoms with van der Waals surface area (Å²) in [5.74, 6) is 0.515. The van der Waals surface area contributed by atoms with Crippen LogP contribution in [0, 0.1) is 0 Å². The molecule has 0 saturated carbocycles. The van der Waals surface area contributed by atoms with E-state index in [1.165, 1.54) is 29.7 Å². The first-order valence-electron chi connectivity index (χ1n) is 8.02. The van der Waals surface area contributed by atoms with E-state index in [-0.39, 0.29) is 0 Å². The van der Waals surface area contributed by atoms with Crippen LogP contribution in [0.3, 0.4) is 0 Å². The van der Waals surface area contributed by atoms with Gasteiger partial charge in [0, 0.05) is 11.9 Å². The zero-order valence-corrected chi connectivity index (χ0v) is 14.6. The topological polar surface area (TPSA) is 66.5 Å². The largest absolute Gasteiger partial charge is 0.383 e. The second kappa shape index (κ2) is 9.27. The molecule has 1 aromatic heterocycles. The molecule has 2 rings (SSSR count). The molecule has 0 saturated heterocycles. The summed E-state index contributed by atoms with van der Waals surface area (Å²) >= 11 is 1.44. The van der Waals surface area contributed by atoms with Gasteiger partial charge < -0.3 is 5.73 Å². The van der Waals surface area contributed by atoms with Gasteiger partial charge >= 0.3 is 0 Å². The van der Waals surface area contributed by atoms with Crippen molar-refractivity contribution in [3.8, 4) is 0 Å². The van der Waals surface area contributed by atoms with Gasteiger partial charge in [-0.15, -0.1) is 11.3 Å². The second-order valence-electron chi connectivity index (χ2n) is 5.47. The van der Waals surface area contributed by atoms with Crippen molar-refractivity contribution in [1.82, 2.24) is 9.88 Å². The lowest BCUT2D eigenvalue weighted by atomic mass is 10.1. The summed E-state index contributed by atoms with van der Waals surface area (Å²) in [6.07, 6.45) is 4.18. The number of nitrogens with two attached hydrogens (primary N) is 1. The molecule has 0 aliphatic heterocycles. The number of thiazole rings is 1. The molecule has 23 heavy (non-hydrogen) atoms. The zero-order valence-electron chi connectivity index (χ0n) is 13.8. The van der Waals surface area contributed by atoms with Crippen molar-refractivity contribution in [3.05, 3.63) is 40.8 Å². The van der Waals surface area contributed by atoms with Crippen molar-refractivity contribution in [2.45, 2.75) is 33.2 Å². The Morgan fingerprint density at radius 2 is 2.09 bits per heavy atom. The molecule has 0 unspecified atom stereocenters. The Bertz CT molecular complexity index is 617. The van der Waals surface area contributed by atoms with E-state index >= 15 is 0 Å². The normalized spacial score (nSPS) is 11.4. The maximum Gasteiger partial charge on any atom is 0.205 e. The highest BCUT2D eigenvalue weighted by Gasteiger charge is 2.04. The Hall–Kier alpha value is -1.92. The number of hydrazone groups is 1. The molecule has 3 N–H and O–H groups in total. The van der Waals surface area contributed by atoms with Gasteiger partial charge in [-0.3, -0.25) is 10.3 Å². The summed E-state index contributed by atoms with van der Waals surface area (Å²) in [5.41, 5.74) is 10.9. The van der Waals surface area contributed by atoms with E-state index < -0.39 is 0 Å². The number of nitrogens with zero attached hydrogens (tertiary/aromatic N) is 3. The number of anilines is 2. The minimum Gasteiger partial charge on any atom is -0.383 e. The fraction of sp³-hybridized carbons (Fsp3) is 0.412. The van der Waals surface area contributed by atoms with Crippen LogP contribution < -0.4 is 11.2 Å². The molecule has 5 nitrogen and oxygen atoms in total. The highest BCUT2D eigenvalue weighted by Crippen LogP contribution is 2.16. The van der Waals surface area contributed by atoms with Crippen molar-refractivity contribution in [2.75, 3.05) is 24.2 Å². The number of rotatable bonds is 9. The molecule has 6 heteroatoms. The predicted molar refractivity (Wildman–Crippen MR) is 100 cm³/mol. The summed E-state index contributed by atoms with van der Waals surface area (Å²) in [5, 5.41) is 6.71. The Kier molecular flexibility index (Phi) is 7.03. The van der Waals surface area contributed by atoms with Crippen molar-refractivity contribution >= 4 is 28.5 Å². The summed E-state index contributed by atoms with van der Waals surface area (Å²) in [6, 6.07) is 8.48. The van der Waals surface area contributed by atoms with Gasteiger partial charge in [0.2, 0.25) is 5.13 Å².